The summed E-state index contributed by atoms with van der Waals surface area (Å²) in [6, 6.07) is 5.55. The van der Waals surface area contributed by atoms with E-state index in [4.69, 9.17) is 9.15 Å². The SMILES string of the molecule is Cc1nc(COc2ccc3c(C)c(C)c(=O)oc3c2)cs1. The molecule has 0 fully saturated rings. The van der Waals surface area contributed by atoms with Gasteiger partial charge in [-0.2, -0.15) is 0 Å². The summed E-state index contributed by atoms with van der Waals surface area (Å²) in [5, 5.41) is 3.93. The quantitative estimate of drug-likeness (QED) is 0.691. The highest BCUT2D eigenvalue weighted by atomic mass is 32.1. The summed E-state index contributed by atoms with van der Waals surface area (Å²) in [6.45, 7) is 6.07. The number of hydrogen-bond donors (Lipinski definition) is 0. The molecule has 0 aliphatic carbocycles. The van der Waals surface area contributed by atoms with E-state index in [0.717, 1.165) is 21.7 Å². The van der Waals surface area contributed by atoms with Crippen LogP contribution in [0.5, 0.6) is 5.75 Å². The number of benzene rings is 1. The van der Waals surface area contributed by atoms with Crippen molar-refractivity contribution in [1.29, 1.82) is 0 Å². The smallest absolute Gasteiger partial charge is 0.339 e. The largest absolute Gasteiger partial charge is 0.487 e. The third kappa shape index (κ3) is 2.69. The lowest BCUT2D eigenvalue weighted by atomic mass is 10.1. The minimum absolute atomic E-state index is 0.299. The van der Waals surface area contributed by atoms with Crippen molar-refractivity contribution in [3.63, 3.8) is 0 Å². The lowest BCUT2D eigenvalue weighted by molar-refractivity contribution is 0.302. The van der Waals surface area contributed by atoms with Crippen LogP contribution in [0.4, 0.5) is 0 Å². The van der Waals surface area contributed by atoms with Gasteiger partial charge in [-0.1, -0.05) is 0 Å². The molecule has 2 heterocycles. The Hall–Kier alpha value is -2.14. The number of fused-ring (bicyclic) bond motifs is 1. The Labute approximate surface area is 126 Å². The van der Waals surface area contributed by atoms with Crippen LogP contribution in [0.15, 0.2) is 32.8 Å². The van der Waals surface area contributed by atoms with Crippen molar-refractivity contribution in [2.24, 2.45) is 0 Å². The van der Waals surface area contributed by atoms with Crippen LogP contribution in [0.25, 0.3) is 11.0 Å². The zero-order valence-electron chi connectivity index (χ0n) is 12.1. The number of aryl methyl sites for hydroxylation is 2. The van der Waals surface area contributed by atoms with E-state index >= 15 is 0 Å². The van der Waals surface area contributed by atoms with Crippen molar-refractivity contribution in [1.82, 2.24) is 4.98 Å². The number of ether oxygens (including phenoxy) is 1. The molecule has 0 bridgehead atoms. The second kappa shape index (κ2) is 5.33. The second-order valence-electron chi connectivity index (χ2n) is 4.94. The number of thiazole rings is 1. The van der Waals surface area contributed by atoms with Crippen LogP contribution in [0.2, 0.25) is 0 Å². The molecular formula is C16H15NO3S. The van der Waals surface area contributed by atoms with Crippen molar-refractivity contribution >= 4 is 22.3 Å². The zero-order chi connectivity index (χ0) is 15.0. The van der Waals surface area contributed by atoms with E-state index in [0.29, 0.717) is 23.5 Å². The van der Waals surface area contributed by atoms with Gasteiger partial charge in [-0.05, 0) is 38.5 Å². The molecule has 3 aromatic rings. The standard InChI is InChI=1S/C16H15NO3S/c1-9-10(2)16(18)20-15-6-13(4-5-14(9)15)19-7-12-8-21-11(3)17-12/h4-6,8H,7H2,1-3H3. The van der Waals surface area contributed by atoms with Gasteiger partial charge in [0.25, 0.3) is 0 Å². The van der Waals surface area contributed by atoms with Crippen molar-refractivity contribution in [2.45, 2.75) is 27.4 Å². The van der Waals surface area contributed by atoms with Gasteiger partial charge in [0.1, 0.15) is 17.9 Å². The van der Waals surface area contributed by atoms with Gasteiger partial charge in [0, 0.05) is 22.4 Å². The van der Waals surface area contributed by atoms with Gasteiger partial charge in [0.2, 0.25) is 0 Å². The first-order valence-corrected chi connectivity index (χ1v) is 7.50. The number of hydrogen-bond acceptors (Lipinski definition) is 5. The monoisotopic (exact) mass is 301 g/mol. The molecule has 2 aromatic heterocycles. The summed E-state index contributed by atoms with van der Waals surface area (Å²) in [7, 11) is 0. The minimum Gasteiger partial charge on any atom is -0.487 e. The summed E-state index contributed by atoms with van der Waals surface area (Å²) < 4.78 is 11.0. The van der Waals surface area contributed by atoms with Gasteiger partial charge >= 0.3 is 5.63 Å². The highest BCUT2D eigenvalue weighted by Gasteiger charge is 2.08. The molecule has 108 valence electrons. The van der Waals surface area contributed by atoms with Crippen molar-refractivity contribution in [3.05, 3.63) is 55.8 Å². The number of aromatic nitrogens is 1. The summed E-state index contributed by atoms with van der Waals surface area (Å²) in [5.74, 6) is 0.666. The van der Waals surface area contributed by atoms with E-state index in [1.165, 1.54) is 0 Å². The Kier molecular flexibility index (Phi) is 3.51. The maximum Gasteiger partial charge on any atom is 0.339 e. The number of rotatable bonds is 3. The molecule has 0 unspecified atom stereocenters. The topological polar surface area (TPSA) is 52.3 Å². The molecule has 0 atom stereocenters. The lowest BCUT2D eigenvalue weighted by Crippen LogP contribution is -2.05. The molecule has 5 heteroatoms. The van der Waals surface area contributed by atoms with E-state index in [2.05, 4.69) is 4.98 Å². The first kappa shape index (κ1) is 13.8. The third-order valence-electron chi connectivity index (χ3n) is 3.48. The maximum absolute atomic E-state index is 11.7. The fourth-order valence-electron chi connectivity index (χ4n) is 2.15. The predicted molar refractivity (Wildman–Crippen MR) is 83.1 cm³/mol. The third-order valence-corrected chi connectivity index (χ3v) is 4.30. The molecule has 0 spiro atoms. The summed E-state index contributed by atoms with van der Waals surface area (Å²) in [6.07, 6.45) is 0. The Balaban J connectivity index is 1.90. The maximum atomic E-state index is 11.7. The van der Waals surface area contributed by atoms with Gasteiger partial charge in [0.15, 0.2) is 0 Å². The fraction of sp³-hybridized carbons (Fsp3) is 0.250. The molecule has 0 N–H and O–H groups in total. The first-order chi connectivity index (χ1) is 10.0. The molecule has 0 aliphatic rings. The second-order valence-corrected chi connectivity index (χ2v) is 6.01. The van der Waals surface area contributed by atoms with Crippen LogP contribution in [-0.2, 0) is 6.61 Å². The van der Waals surface area contributed by atoms with E-state index < -0.39 is 0 Å². The molecule has 0 radical (unpaired) electrons. The Morgan fingerprint density at radius 3 is 2.76 bits per heavy atom. The lowest BCUT2D eigenvalue weighted by Gasteiger charge is -2.07. The van der Waals surface area contributed by atoms with Gasteiger partial charge in [-0.15, -0.1) is 11.3 Å². The van der Waals surface area contributed by atoms with Gasteiger partial charge < -0.3 is 9.15 Å². The van der Waals surface area contributed by atoms with Crippen LogP contribution in [-0.4, -0.2) is 4.98 Å². The van der Waals surface area contributed by atoms with Gasteiger partial charge in [0.05, 0.1) is 10.7 Å². The molecule has 1 aromatic carbocycles. The van der Waals surface area contributed by atoms with Gasteiger partial charge in [-0.25, -0.2) is 9.78 Å². The Morgan fingerprint density at radius 1 is 1.24 bits per heavy atom. The van der Waals surface area contributed by atoms with Crippen molar-refractivity contribution in [2.75, 3.05) is 0 Å². The molecule has 21 heavy (non-hydrogen) atoms. The predicted octanol–water partition coefficient (Wildman–Crippen LogP) is 3.75. The van der Waals surface area contributed by atoms with Crippen LogP contribution in [0.3, 0.4) is 0 Å². The number of nitrogens with zero attached hydrogens (tertiary/aromatic N) is 1. The summed E-state index contributed by atoms with van der Waals surface area (Å²) in [4.78, 5) is 16.1. The fourth-order valence-corrected chi connectivity index (χ4v) is 2.75. The van der Waals surface area contributed by atoms with Crippen molar-refractivity contribution in [3.8, 4) is 5.75 Å². The minimum atomic E-state index is -0.299. The molecule has 3 rings (SSSR count). The van der Waals surface area contributed by atoms with Crippen LogP contribution >= 0.6 is 11.3 Å². The van der Waals surface area contributed by atoms with E-state index in [9.17, 15) is 4.79 Å². The van der Waals surface area contributed by atoms with E-state index in [1.807, 2.05) is 31.4 Å². The molecular weight excluding hydrogens is 286 g/mol. The van der Waals surface area contributed by atoms with Crippen molar-refractivity contribution < 1.29 is 9.15 Å². The van der Waals surface area contributed by atoms with Crippen LogP contribution < -0.4 is 10.4 Å². The normalized spacial score (nSPS) is 11.0. The summed E-state index contributed by atoms with van der Waals surface area (Å²) in [5.41, 5.74) is 2.75. The van der Waals surface area contributed by atoms with Gasteiger partial charge in [-0.3, -0.25) is 0 Å². The summed E-state index contributed by atoms with van der Waals surface area (Å²) >= 11 is 1.60. The van der Waals surface area contributed by atoms with E-state index in [-0.39, 0.29) is 5.63 Å². The molecule has 4 nitrogen and oxygen atoms in total. The Morgan fingerprint density at radius 2 is 2.05 bits per heavy atom. The average molecular weight is 301 g/mol. The molecule has 0 saturated heterocycles. The van der Waals surface area contributed by atoms with Crippen LogP contribution in [0, 0.1) is 20.8 Å². The first-order valence-electron chi connectivity index (χ1n) is 6.62. The average Bonchev–Trinajstić information content (AvgIpc) is 2.88. The molecule has 0 amide bonds. The van der Waals surface area contributed by atoms with Crippen LogP contribution in [0.1, 0.15) is 21.8 Å². The Bertz CT molecular complexity index is 864. The van der Waals surface area contributed by atoms with E-state index in [1.54, 1.807) is 24.3 Å². The zero-order valence-corrected chi connectivity index (χ0v) is 12.9. The molecule has 0 saturated carbocycles. The highest BCUT2D eigenvalue weighted by molar-refractivity contribution is 7.09. The molecule has 0 aliphatic heterocycles. The highest BCUT2D eigenvalue weighted by Crippen LogP contribution is 2.24.